The van der Waals surface area contributed by atoms with Gasteiger partial charge in [0.2, 0.25) is 5.91 Å². The van der Waals surface area contributed by atoms with Crippen LogP contribution in [-0.4, -0.2) is 22.8 Å². The number of carbonyl (C=O) groups excluding carboxylic acids is 2. The van der Waals surface area contributed by atoms with Gasteiger partial charge in [-0.1, -0.05) is 30.3 Å². The van der Waals surface area contributed by atoms with Crippen LogP contribution in [0.3, 0.4) is 0 Å². The van der Waals surface area contributed by atoms with E-state index in [0.717, 1.165) is 0 Å². The van der Waals surface area contributed by atoms with E-state index in [1.807, 2.05) is 6.07 Å². The second-order valence-corrected chi connectivity index (χ2v) is 5.21. The lowest BCUT2D eigenvalue weighted by molar-refractivity contribution is -0.384. The van der Waals surface area contributed by atoms with E-state index in [1.54, 1.807) is 31.2 Å². The lowest BCUT2D eigenvalue weighted by Crippen LogP contribution is -2.47. The van der Waals surface area contributed by atoms with Crippen LogP contribution in [0.2, 0.25) is 0 Å². The molecule has 130 valence electrons. The third-order valence-electron chi connectivity index (χ3n) is 3.26. The van der Waals surface area contributed by atoms with Gasteiger partial charge in [-0.05, 0) is 24.6 Å². The minimum Gasteiger partial charge on any atom is -0.481 e. The van der Waals surface area contributed by atoms with E-state index in [1.165, 1.54) is 24.3 Å². The van der Waals surface area contributed by atoms with Crippen molar-refractivity contribution in [3.63, 3.8) is 0 Å². The molecule has 25 heavy (non-hydrogen) atoms. The topological polar surface area (TPSA) is 111 Å². The molecule has 8 nitrogen and oxygen atoms in total. The van der Waals surface area contributed by atoms with E-state index in [2.05, 4.69) is 10.9 Å². The van der Waals surface area contributed by atoms with Gasteiger partial charge in [0.05, 0.1) is 11.3 Å². The van der Waals surface area contributed by atoms with Crippen LogP contribution in [0.1, 0.15) is 12.5 Å². The average molecular weight is 343 g/mol. The van der Waals surface area contributed by atoms with Gasteiger partial charge in [0.15, 0.2) is 6.10 Å². The largest absolute Gasteiger partial charge is 0.481 e. The number of carbonyl (C=O) groups is 2. The molecule has 8 heteroatoms. The number of amides is 2. The highest BCUT2D eigenvalue weighted by atomic mass is 16.6. The van der Waals surface area contributed by atoms with Gasteiger partial charge in [-0.3, -0.25) is 30.6 Å². The third kappa shape index (κ3) is 5.61. The Kier molecular flexibility index (Phi) is 6.05. The molecule has 0 aliphatic heterocycles. The van der Waals surface area contributed by atoms with Crippen LogP contribution in [0.4, 0.5) is 5.69 Å². The first-order chi connectivity index (χ1) is 12.0. The maximum Gasteiger partial charge on any atom is 0.279 e. The van der Waals surface area contributed by atoms with Crippen LogP contribution in [0.15, 0.2) is 54.6 Å². The second kappa shape index (κ2) is 8.44. The summed E-state index contributed by atoms with van der Waals surface area (Å²) < 4.78 is 5.44. The van der Waals surface area contributed by atoms with Crippen molar-refractivity contribution in [1.29, 1.82) is 0 Å². The molecule has 2 aromatic carbocycles. The molecule has 0 heterocycles. The van der Waals surface area contributed by atoms with Crippen molar-refractivity contribution < 1.29 is 19.2 Å². The average Bonchev–Trinajstić information content (AvgIpc) is 2.61. The van der Waals surface area contributed by atoms with Gasteiger partial charge < -0.3 is 4.74 Å². The molecular formula is C17H17N3O5. The Hall–Kier alpha value is -3.42. The molecule has 0 unspecified atom stereocenters. The molecule has 0 spiro atoms. The summed E-state index contributed by atoms with van der Waals surface area (Å²) in [5.41, 5.74) is 5.10. The van der Waals surface area contributed by atoms with E-state index in [4.69, 9.17) is 4.74 Å². The van der Waals surface area contributed by atoms with Crippen molar-refractivity contribution in [2.75, 3.05) is 0 Å². The first-order valence-electron chi connectivity index (χ1n) is 7.49. The number of nitrogens with one attached hydrogen (secondary N) is 2. The number of nitro groups is 1. The Morgan fingerprint density at radius 1 is 1.08 bits per heavy atom. The van der Waals surface area contributed by atoms with Crippen LogP contribution in [-0.2, 0) is 16.0 Å². The van der Waals surface area contributed by atoms with Gasteiger partial charge in [-0.2, -0.15) is 0 Å². The fourth-order valence-electron chi connectivity index (χ4n) is 1.95. The summed E-state index contributed by atoms with van der Waals surface area (Å²) in [6, 6.07) is 14.4. The van der Waals surface area contributed by atoms with Crippen molar-refractivity contribution in [2.45, 2.75) is 19.4 Å². The molecule has 2 amide bonds. The van der Waals surface area contributed by atoms with Crippen molar-refractivity contribution in [2.24, 2.45) is 0 Å². The Morgan fingerprint density at radius 2 is 1.72 bits per heavy atom. The van der Waals surface area contributed by atoms with Gasteiger partial charge in [-0.25, -0.2) is 0 Å². The van der Waals surface area contributed by atoms with Crippen molar-refractivity contribution in [3.05, 3.63) is 70.3 Å². The highest BCUT2D eigenvalue weighted by Crippen LogP contribution is 2.12. The van der Waals surface area contributed by atoms with Crippen LogP contribution in [0.5, 0.6) is 5.75 Å². The minimum atomic E-state index is -0.790. The predicted octanol–water partition coefficient (Wildman–Crippen LogP) is 1.75. The predicted molar refractivity (Wildman–Crippen MR) is 89.6 cm³/mol. The van der Waals surface area contributed by atoms with Gasteiger partial charge in [-0.15, -0.1) is 0 Å². The first-order valence-corrected chi connectivity index (χ1v) is 7.49. The first kappa shape index (κ1) is 17.9. The number of non-ortho nitro benzene ring substituents is 1. The van der Waals surface area contributed by atoms with Crippen molar-refractivity contribution in [3.8, 4) is 5.75 Å². The molecule has 0 aromatic heterocycles. The summed E-state index contributed by atoms with van der Waals surface area (Å²) in [6.07, 6.45) is -0.811. The molecule has 0 bridgehead atoms. The molecule has 1 atom stereocenters. The number of hydrogen-bond donors (Lipinski definition) is 2. The molecule has 0 aliphatic rings. The van der Waals surface area contributed by atoms with Gasteiger partial charge in [0, 0.05) is 12.1 Å². The zero-order chi connectivity index (χ0) is 18.2. The minimum absolute atomic E-state index is 0.0216. The normalized spacial score (nSPS) is 11.2. The Balaban J connectivity index is 1.78. The summed E-state index contributed by atoms with van der Waals surface area (Å²) in [4.78, 5) is 33.8. The summed E-state index contributed by atoms with van der Waals surface area (Å²) in [5, 5.41) is 10.6. The maximum absolute atomic E-state index is 11.9. The lowest BCUT2D eigenvalue weighted by Gasteiger charge is -2.15. The molecule has 2 rings (SSSR count). The summed E-state index contributed by atoms with van der Waals surface area (Å²) in [7, 11) is 0. The summed E-state index contributed by atoms with van der Waals surface area (Å²) >= 11 is 0. The number of nitrogens with zero attached hydrogens (tertiary/aromatic N) is 1. The van der Waals surface area contributed by atoms with Gasteiger partial charge in [0.1, 0.15) is 5.75 Å². The van der Waals surface area contributed by atoms with Crippen molar-refractivity contribution >= 4 is 17.5 Å². The Labute approximate surface area is 143 Å². The summed E-state index contributed by atoms with van der Waals surface area (Å²) in [6.45, 7) is 1.56. The zero-order valence-corrected chi connectivity index (χ0v) is 13.5. The number of hydrazine groups is 1. The van der Waals surface area contributed by atoms with E-state index in [9.17, 15) is 19.7 Å². The van der Waals surface area contributed by atoms with Gasteiger partial charge >= 0.3 is 0 Å². The molecular weight excluding hydrogens is 326 g/mol. The highest BCUT2D eigenvalue weighted by Gasteiger charge is 2.15. The van der Waals surface area contributed by atoms with E-state index < -0.39 is 22.8 Å². The summed E-state index contributed by atoms with van der Waals surface area (Å²) in [5.74, 6) is -0.405. The quantitative estimate of drug-likeness (QED) is 0.613. The number of nitro benzene ring substituents is 1. The van der Waals surface area contributed by atoms with E-state index in [-0.39, 0.29) is 12.1 Å². The number of ether oxygens (including phenoxy) is 1. The van der Waals surface area contributed by atoms with E-state index >= 15 is 0 Å². The Bertz CT molecular complexity index is 747. The number of para-hydroxylation sites is 1. The fraction of sp³-hybridized carbons (Fsp3) is 0.176. The van der Waals surface area contributed by atoms with E-state index in [0.29, 0.717) is 11.3 Å². The zero-order valence-electron chi connectivity index (χ0n) is 13.5. The highest BCUT2D eigenvalue weighted by molar-refractivity contribution is 5.85. The molecule has 0 radical (unpaired) electrons. The standard InChI is InChI=1S/C17H17N3O5/c1-12(25-15-5-3-2-4-6-15)17(22)19-18-16(21)11-13-7-9-14(10-8-13)20(23)24/h2-10,12H,11H2,1H3,(H,18,21)(H,19,22)/t12-/m0/s1. The molecule has 0 fully saturated rings. The van der Waals surface area contributed by atoms with Crippen LogP contribution in [0.25, 0.3) is 0 Å². The number of hydrogen-bond acceptors (Lipinski definition) is 5. The van der Waals surface area contributed by atoms with Crippen molar-refractivity contribution in [1.82, 2.24) is 10.9 Å². The SMILES string of the molecule is C[C@H](Oc1ccccc1)C(=O)NNC(=O)Cc1ccc([N+](=O)[O-])cc1. The third-order valence-corrected chi connectivity index (χ3v) is 3.26. The molecule has 0 saturated carbocycles. The molecule has 0 aliphatic carbocycles. The monoisotopic (exact) mass is 343 g/mol. The maximum atomic E-state index is 11.9. The van der Waals surface area contributed by atoms with Crippen LogP contribution in [0, 0.1) is 10.1 Å². The second-order valence-electron chi connectivity index (χ2n) is 5.21. The smallest absolute Gasteiger partial charge is 0.279 e. The Morgan fingerprint density at radius 3 is 2.32 bits per heavy atom. The number of rotatable bonds is 6. The number of benzene rings is 2. The lowest BCUT2D eigenvalue weighted by atomic mass is 10.1. The molecule has 0 saturated heterocycles. The van der Waals surface area contributed by atoms with Gasteiger partial charge in [0.25, 0.3) is 11.6 Å². The van der Waals surface area contributed by atoms with Crippen LogP contribution < -0.4 is 15.6 Å². The van der Waals surface area contributed by atoms with Crippen LogP contribution >= 0.6 is 0 Å². The molecule has 2 aromatic rings. The molecule has 2 N–H and O–H groups in total. The fourth-order valence-corrected chi connectivity index (χ4v) is 1.95.